The first-order valence-electron chi connectivity index (χ1n) is 12.9. The van der Waals surface area contributed by atoms with E-state index in [-0.39, 0.29) is 35.8 Å². The summed E-state index contributed by atoms with van der Waals surface area (Å²) in [6.07, 6.45) is -3.50. The first-order valence-corrected chi connectivity index (χ1v) is 13.2. The largest absolute Gasteiger partial charge is 0.451 e. The summed E-state index contributed by atoms with van der Waals surface area (Å²) in [5.41, 5.74) is 1.05. The van der Waals surface area contributed by atoms with Crippen molar-refractivity contribution in [3.63, 3.8) is 0 Å². The smallest absolute Gasteiger partial charge is 0.354 e. The molecule has 214 valence electrons. The number of carbonyl (C=O) groups is 1. The highest BCUT2D eigenvalue weighted by Gasteiger charge is 2.38. The van der Waals surface area contributed by atoms with Gasteiger partial charge in [-0.05, 0) is 24.3 Å². The molecule has 2 aliphatic rings. The van der Waals surface area contributed by atoms with Crippen molar-refractivity contribution in [1.29, 1.82) is 0 Å². The molecule has 2 N–H and O–H groups in total. The predicted molar refractivity (Wildman–Crippen MR) is 140 cm³/mol. The van der Waals surface area contributed by atoms with Gasteiger partial charge in [0.2, 0.25) is 5.82 Å². The van der Waals surface area contributed by atoms with Gasteiger partial charge in [-0.3, -0.25) is 9.69 Å². The van der Waals surface area contributed by atoms with Crippen molar-refractivity contribution in [3.8, 4) is 0 Å². The van der Waals surface area contributed by atoms with Crippen LogP contribution in [0.5, 0.6) is 0 Å². The minimum Gasteiger partial charge on any atom is -0.354 e. The highest BCUT2D eigenvalue weighted by atomic mass is 35.5. The van der Waals surface area contributed by atoms with Gasteiger partial charge in [0.15, 0.2) is 0 Å². The van der Waals surface area contributed by atoms with Crippen molar-refractivity contribution < 1.29 is 26.7 Å². The molecule has 40 heavy (non-hydrogen) atoms. The van der Waals surface area contributed by atoms with Crippen molar-refractivity contribution in [2.75, 3.05) is 50.7 Å². The Labute approximate surface area is 231 Å². The summed E-state index contributed by atoms with van der Waals surface area (Å²) in [5.74, 6) is -3.87. The highest BCUT2D eigenvalue weighted by molar-refractivity contribution is 6.35. The second-order valence-electron chi connectivity index (χ2n) is 9.85. The molecule has 14 heteroatoms. The Hall–Kier alpha value is -3.16. The van der Waals surface area contributed by atoms with Gasteiger partial charge in [0.05, 0.1) is 22.1 Å². The van der Waals surface area contributed by atoms with Gasteiger partial charge < -0.3 is 15.5 Å². The van der Waals surface area contributed by atoms with E-state index in [1.54, 1.807) is 23.1 Å². The molecule has 4 heterocycles. The van der Waals surface area contributed by atoms with Crippen LogP contribution >= 0.6 is 11.6 Å². The number of likely N-dealkylation sites (tertiary alicyclic amines) is 1. The van der Waals surface area contributed by atoms with E-state index < -0.39 is 42.7 Å². The lowest BCUT2D eigenvalue weighted by atomic mass is 10.0. The van der Waals surface area contributed by atoms with Crippen LogP contribution in [-0.2, 0) is 6.18 Å². The third kappa shape index (κ3) is 6.26. The van der Waals surface area contributed by atoms with E-state index in [9.17, 15) is 26.7 Å². The maximum Gasteiger partial charge on any atom is 0.451 e. The van der Waals surface area contributed by atoms with Crippen LogP contribution in [0.4, 0.5) is 27.8 Å². The molecule has 5 rings (SSSR count). The fourth-order valence-electron chi connectivity index (χ4n) is 5.02. The van der Waals surface area contributed by atoms with Gasteiger partial charge in [-0.15, -0.1) is 0 Å². The highest BCUT2D eigenvalue weighted by Crippen LogP contribution is 2.33. The number of nitrogens with zero attached hydrogens (tertiary/aromatic N) is 5. The van der Waals surface area contributed by atoms with Crippen LogP contribution in [0, 0.1) is 0 Å². The lowest BCUT2D eigenvalue weighted by molar-refractivity contribution is -0.145. The molecule has 2 saturated heterocycles. The number of hydrogen-bond acceptors (Lipinski definition) is 7. The van der Waals surface area contributed by atoms with Gasteiger partial charge in [0.25, 0.3) is 11.8 Å². The number of halogens is 6. The summed E-state index contributed by atoms with van der Waals surface area (Å²) in [6, 6.07) is 6.21. The molecule has 0 bridgehead atoms. The number of benzene rings is 1. The zero-order chi connectivity index (χ0) is 28.5. The molecule has 2 aromatic heterocycles. The molecule has 1 amide bonds. The van der Waals surface area contributed by atoms with Crippen LogP contribution in [0.25, 0.3) is 10.9 Å². The minimum atomic E-state index is -4.72. The molecule has 1 aromatic carbocycles. The number of piperazine rings is 1. The lowest BCUT2D eigenvalue weighted by Crippen LogP contribution is -2.45. The number of carbonyl (C=O) groups excluding carboxylic acids is 1. The van der Waals surface area contributed by atoms with E-state index in [1.807, 2.05) is 6.07 Å². The summed E-state index contributed by atoms with van der Waals surface area (Å²) in [6.45, 7) is 3.18. The average Bonchev–Trinajstić information content (AvgIpc) is 2.93. The molecule has 1 atom stereocenters. The first kappa shape index (κ1) is 28.4. The fourth-order valence-corrected chi connectivity index (χ4v) is 5.27. The fraction of sp³-hybridized carbons (Fsp3) is 0.462. The van der Waals surface area contributed by atoms with Crippen LogP contribution in [0.1, 0.15) is 40.6 Å². The maximum atomic E-state index is 13.8. The normalized spacial score (nSPS) is 19.0. The van der Waals surface area contributed by atoms with E-state index in [1.165, 1.54) is 0 Å². The van der Waals surface area contributed by atoms with E-state index in [0.717, 1.165) is 44.4 Å². The van der Waals surface area contributed by atoms with Gasteiger partial charge in [-0.2, -0.15) is 13.2 Å². The zero-order valence-electron chi connectivity index (χ0n) is 21.3. The monoisotopic (exact) mass is 583 g/mol. The summed E-state index contributed by atoms with van der Waals surface area (Å²) in [4.78, 5) is 28.8. The van der Waals surface area contributed by atoms with Crippen LogP contribution < -0.4 is 15.5 Å². The van der Waals surface area contributed by atoms with Crippen LogP contribution in [0.15, 0.2) is 36.7 Å². The molecule has 0 saturated carbocycles. The van der Waals surface area contributed by atoms with E-state index >= 15 is 0 Å². The maximum absolute atomic E-state index is 13.8. The van der Waals surface area contributed by atoms with E-state index in [0.29, 0.717) is 10.9 Å². The van der Waals surface area contributed by atoms with Gasteiger partial charge in [-0.25, -0.2) is 23.7 Å². The quantitative estimate of drug-likeness (QED) is 0.418. The van der Waals surface area contributed by atoms with E-state index in [4.69, 9.17) is 16.6 Å². The Bertz CT molecular complexity index is 1360. The summed E-state index contributed by atoms with van der Waals surface area (Å²) in [5, 5.41) is 6.82. The molecule has 3 aromatic rings. The molecule has 0 spiro atoms. The summed E-state index contributed by atoms with van der Waals surface area (Å²) in [7, 11) is 0. The van der Waals surface area contributed by atoms with Gasteiger partial charge >= 0.3 is 6.18 Å². The number of nitrogens with one attached hydrogen (secondary N) is 2. The number of fused-ring (bicyclic) bond motifs is 1. The number of pyridine rings is 1. The molecule has 0 aliphatic carbocycles. The molecular formula is C26H27ClF5N7O. The first-order chi connectivity index (χ1) is 19.0. The van der Waals surface area contributed by atoms with Crippen molar-refractivity contribution in [2.24, 2.45) is 0 Å². The van der Waals surface area contributed by atoms with Gasteiger partial charge in [0, 0.05) is 82.0 Å². The molecule has 8 nitrogen and oxygen atoms in total. The molecular weight excluding hydrogens is 557 g/mol. The van der Waals surface area contributed by atoms with Crippen molar-refractivity contribution in [1.82, 2.24) is 30.5 Å². The number of alkyl halides is 5. The molecule has 2 fully saturated rings. The number of aromatic nitrogens is 3. The lowest BCUT2D eigenvalue weighted by Gasteiger charge is -2.37. The van der Waals surface area contributed by atoms with Crippen LogP contribution in [-0.4, -0.2) is 77.5 Å². The van der Waals surface area contributed by atoms with Crippen molar-refractivity contribution in [2.45, 2.75) is 31.0 Å². The molecule has 1 unspecified atom stereocenters. The topological polar surface area (TPSA) is 86.3 Å². The molecule has 0 radical (unpaired) electrons. The number of amides is 1. The molecule has 2 aliphatic heterocycles. The van der Waals surface area contributed by atoms with Crippen LogP contribution in [0.3, 0.4) is 0 Å². The second-order valence-corrected chi connectivity index (χ2v) is 10.3. The van der Waals surface area contributed by atoms with Crippen molar-refractivity contribution in [3.05, 3.63) is 58.6 Å². The minimum absolute atomic E-state index is 0.0116. The second kappa shape index (κ2) is 11.4. The SMILES string of the molecule is O=C(NCC(c1cnc(C(F)(F)F)nc1)N1CCC(F)(F)CC1)c1c(Cl)ccc2nc(N3CCNCC3)ccc12. The predicted octanol–water partition coefficient (Wildman–Crippen LogP) is 4.31. The zero-order valence-corrected chi connectivity index (χ0v) is 22.1. The Kier molecular flexibility index (Phi) is 8.07. The third-order valence-corrected chi connectivity index (χ3v) is 7.53. The van der Waals surface area contributed by atoms with Crippen LogP contribution in [0.2, 0.25) is 5.02 Å². The Morgan fingerprint density at radius 3 is 2.38 bits per heavy atom. The van der Waals surface area contributed by atoms with E-state index in [2.05, 4.69) is 25.5 Å². The summed E-state index contributed by atoms with van der Waals surface area (Å²) < 4.78 is 66.7. The Morgan fingerprint density at radius 2 is 1.73 bits per heavy atom. The van der Waals surface area contributed by atoms with Gasteiger partial charge in [0.1, 0.15) is 5.82 Å². The standard InChI is InChI=1S/C26H27ClF5N7O/c27-18-2-3-19-17(1-4-21(37-19)39-11-7-33-8-12-39)22(18)23(40)34-15-20(38-9-5-25(28,29)6-10-38)16-13-35-24(36-14-16)26(30,31)32/h1-4,13-14,20,33H,5-12,15H2,(H,34,40). The Balaban J connectivity index is 1.38. The van der Waals surface area contributed by atoms with Crippen molar-refractivity contribution >= 4 is 34.2 Å². The number of piperidine rings is 1. The Morgan fingerprint density at radius 1 is 1.05 bits per heavy atom. The number of hydrogen-bond donors (Lipinski definition) is 2. The number of rotatable bonds is 6. The summed E-state index contributed by atoms with van der Waals surface area (Å²) >= 11 is 6.43. The van der Waals surface area contributed by atoms with Gasteiger partial charge in [-0.1, -0.05) is 11.6 Å². The number of anilines is 1. The third-order valence-electron chi connectivity index (χ3n) is 7.21. The average molecular weight is 584 g/mol.